The molecule has 5 rings (SSSR count). The normalized spacial score (nSPS) is 27.5. The van der Waals surface area contributed by atoms with Crippen LogP contribution in [-0.4, -0.2) is 22.8 Å². The van der Waals surface area contributed by atoms with E-state index in [9.17, 15) is 14.9 Å². The molecule has 28 heavy (non-hydrogen) atoms. The van der Waals surface area contributed by atoms with Crippen molar-refractivity contribution in [2.24, 2.45) is 11.8 Å². The largest absolute Gasteiger partial charge is 0.353 e. The van der Waals surface area contributed by atoms with Gasteiger partial charge in [0.2, 0.25) is 11.8 Å². The highest BCUT2D eigenvalue weighted by Crippen LogP contribution is 2.52. The van der Waals surface area contributed by atoms with Crippen LogP contribution in [0.15, 0.2) is 48.7 Å². The Labute approximate surface area is 163 Å². The van der Waals surface area contributed by atoms with E-state index in [0.29, 0.717) is 5.69 Å². The molecule has 2 saturated heterocycles. The van der Waals surface area contributed by atoms with Crippen LogP contribution in [0, 0.1) is 37.0 Å². The van der Waals surface area contributed by atoms with Crippen molar-refractivity contribution in [1.29, 1.82) is 5.26 Å². The van der Waals surface area contributed by atoms with Gasteiger partial charge < -0.3 is 4.90 Å². The van der Waals surface area contributed by atoms with Gasteiger partial charge in [0.15, 0.2) is 0 Å². The maximum atomic E-state index is 13.5. The van der Waals surface area contributed by atoms with E-state index in [-0.39, 0.29) is 17.9 Å². The van der Waals surface area contributed by atoms with Crippen LogP contribution in [-0.2, 0) is 9.59 Å². The van der Waals surface area contributed by atoms with Gasteiger partial charge in [-0.1, -0.05) is 30.3 Å². The standard InChI is InChI=1S/C23H19N3O2/c1-13-9-14(2)11-16(10-13)26-22(27)19-18(12-24)25-8-7-15-5-3-4-6-17(15)21(25)20(19)23(26)28/h3-11,18-21H,1-2H3/t18-,19+,20+,21-/m0/s1. The fraction of sp³-hybridized carbons (Fsp3) is 0.261. The van der Waals surface area contributed by atoms with E-state index >= 15 is 0 Å². The maximum absolute atomic E-state index is 13.5. The third-order valence-electron chi connectivity index (χ3n) is 6.06. The third-order valence-corrected chi connectivity index (χ3v) is 6.06. The predicted molar refractivity (Wildman–Crippen MR) is 105 cm³/mol. The number of imide groups is 1. The van der Waals surface area contributed by atoms with Gasteiger partial charge in [0.25, 0.3) is 0 Å². The van der Waals surface area contributed by atoms with Crippen LogP contribution >= 0.6 is 0 Å². The summed E-state index contributed by atoms with van der Waals surface area (Å²) in [6.45, 7) is 3.90. The van der Waals surface area contributed by atoms with E-state index in [1.807, 2.05) is 73.5 Å². The summed E-state index contributed by atoms with van der Waals surface area (Å²) in [5, 5.41) is 9.84. The number of amides is 2. The summed E-state index contributed by atoms with van der Waals surface area (Å²) >= 11 is 0. The molecule has 138 valence electrons. The SMILES string of the molecule is Cc1cc(C)cc(N2C(=O)[C@@H]3[C@H](C2=O)[C@H](C#N)N2C=Cc4ccccc4[C@@H]32)c1. The lowest BCUT2D eigenvalue weighted by Gasteiger charge is -2.33. The molecular formula is C23H19N3O2. The number of rotatable bonds is 1. The quantitative estimate of drug-likeness (QED) is 0.723. The minimum absolute atomic E-state index is 0.210. The van der Waals surface area contributed by atoms with Gasteiger partial charge in [0, 0.05) is 6.20 Å². The molecule has 0 N–H and O–H groups in total. The number of hydrogen-bond donors (Lipinski definition) is 0. The number of nitriles is 1. The third kappa shape index (κ3) is 2.12. The molecule has 4 atom stereocenters. The van der Waals surface area contributed by atoms with Crippen molar-refractivity contribution in [2.45, 2.75) is 25.9 Å². The number of benzene rings is 2. The van der Waals surface area contributed by atoms with Gasteiger partial charge >= 0.3 is 0 Å². The fourth-order valence-electron chi connectivity index (χ4n) is 5.04. The molecule has 3 aliphatic heterocycles. The number of anilines is 1. The van der Waals surface area contributed by atoms with Gasteiger partial charge in [-0.15, -0.1) is 0 Å². The smallest absolute Gasteiger partial charge is 0.240 e. The topological polar surface area (TPSA) is 64.4 Å². The van der Waals surface area contributed by atoms with Crippen LogP contribution in [0.4, 0.5) is 5.69 Å². The molecule has 3 aliphatic rings. The van der Waals surface area contributed by atoms with E-state index < -0.39 is 17.9 Å². The first-order valence-electron chi connectivity index (χ1n) is 9.41. The minimum atomic E-state index is -0.654. The Bertz CT molecular complexity index is 1080. The summed E-state index contributed by atoms with van der Waals surface area (Å²) in [6.07, 6.45) is 3.81. The Balaban J connectivity index is 1.65. The van der Waals surface area contributed by atoms with Crippen LogP contribution in [0.25, 0.3) is 6.08 Å². The summed E-state index contributed by atoms with van der Waals surface area (Å²) in [7, 11) is 0. The lowest BCUT2D eigenvalue weighted by molar-refractivity contribution is -0.123. The molecule has 3 heterocycles. The van der Waals surface area contributed by atoms with Gasteiger partial charge in [-0.2, -0.15) is 5.26 Å². The van der Waals surface area contributed by atoms with Gasteiger partial charge in [0.1, 0.15) is 6.04 Å². The molecule has 0 aliphatic carbocycles. The number of nitrogens with zero attached hydrogens (tertiary/aromatic N) is 3. The number of carbonyl (C=O) groups is 2. The second-order valence-corrected chi connectivity index (χ2v) is 7.82. The van der Waals surface area contributed by atoms with Crippen molar-refractivity contribution in [2.75, 3.05) is 4.90 Å². The fourth-order valence-corrected chi connectivity index (χ4v) is 5.04. The molecule has 5 nitrogen and oxygen atoms in total. The highest BCUT2D eigenvalue weighted by molar-refractivity contribution is 6.23. The Morgan fingerprint density at radius 1 is 0.964 bits per heavy atom. The Morgan fingerprint density at radius 2 is 1.64 bits per heavy atom. The van der Waals surface area contributed by atoms with Gasteiger partial charge in [-0.05, 0) is 54.3 Å². The second kappa shape index (κ2) is 5.80. The maximum Gasteiger partial charge on any atom is 0.240 e. The molecule has 2 amide bonds. The van der Waals surface area contributed by atoms with Crippen LogP contribution in [0.1, 0.15) is 28.3 Å². The zero-order valence-electron chi connectivity index (χ0n) is 15.7. The van der Waals surface area contributed by atoms with Gasteiger partial charge in [-0.25, -0.2) is 4.90 Å². The average molecular weight is 369 g/mol. The first-order chi connectivity index (χ1) is 13.5. The van der Waals surface area contributed by atoms with Crippen molar-refractivity contribution in [3.8, 4) is 6.07 Å². The van der Waals surface area contributed by atoms with Crippen LogP contribution in [0.3, 0.4) is 0 Å². The molecule has 2 aromatic carbocycles. The molecule has 0 saturated carbocycles. The van der Waals surface area contributed by atoms with E-state index in [0.717, 1.165) is 22.3 Å². The number of aryl methyl sites for hydroxylation is 2. The average Bonchev–Trinajstić information content (AvgIpc) is 3.13. The van der Waals surface area contributed by atoms with Crippen LogP contribution in [0.5, 0.6) is 0 Å². The van der Waals surface area contributed by atoms with Crippen molar-refractivity contribution in [3.63, 3.8) is 0 Å². The van der Waals surface area contributed by atoms with Gasteiger partial charge in [-0.3, -0.25) is 9.59 Å². The highest BCUT2D eigenvalue weighted by atomic mass is 16.2. The highest BCUT2D eigenvalue weighted by Gasteiger charge is 2.63. The van der Waals surface area contributed by atoms with E-state index in [2.05, 4.69) is 6.07 Å². The Kier molecular flexibility index (Phi) is 3.47. The van der Waals surface area contributed by atoms with Crippen molar-refractivity contribution >= 4 is 23.6 Å². The van der Waals surface area contributed by atoms with Crippen molar-refractivity contribution in [1.82, 2.24) is 4.90 Å². The zero-order valence-corrected chi connectivity index (χ0v) is 15.7. The molecule has 2 aromatic rings. The monoisotopic (exact) mass is 369 g/mol. The zero-order chi connectivity index (χ0) is 19.6. The molecule has 5 heteroatoms. The predicted octanol–water partition coefficient (Wildman–Crippen LogP) is 3.34. The number of hydrogen-bond acceptors (Lipinski definition) is 4. The summed E-state index contributed by atoms with van der Waals surface area (Å²) in [5.41, 5.74) is 4.63. The minimum Gasteiger partial charge on any atom is -0.353 e. The lowest BCUT2D eigenvalue weighted by Crippen LogP contribution is -2.40. The van der Waals surface area contributed by atoms with Crippen LogP contribution < -0.4 is 4.90 Å². The molecular weight excluding hydrogens is 350 g/mol. The van der Waals surface area contributed by atoms with Crippen molar-refractivity contribution < 1.29 is 9.59 Å². The summed E-state index contributed by atoms with van der Waals surface area (Å²) in [4.78, 5) is 30.0. The summed E-state index contributed by atoms with van der Waals surface area (Å²) in [6, 6.07) is 15.0. The molecule has 0 bridgehead atoms. The number of fused-ring (bicyclic) bond motifs is 5. The molecule has 0 spiro atoms. The van der Waals surface area contributed by atoms with E-state index in [1.54, 1.807) is 0 Å². The van der Waals surface area contributed by atoms with Gasteiger partial charge in [0.05, 0.1) is 29.6 Å². The Morgan fingerprint density at radius 3 is 2.36 bits per heavy atom. The first kappa shape index (κ1) is 16.8. The molecule has 0 aromatic heterocycles. The van der Waals surface area contributed by atoms with E-state index in [1.165, 1.54) is 4.90 Å². The second-order valence-electron chi connectivity index (χ2n) is 7.82. The van der Waals surface area contributed by atoms with Crippen LogP contribution in [0.2, 0.25) is 0 Å². The first-order valence-corrected chi connectivity index (χ1v) is 9.41. The summed E-state index contributed by atoms with van der Waals surface area (Å²) in [5.74, 6) is -1.69. The lowest BCUT2D eigenvalue weighted by atomic mass is 9.85. The Hall–Kier alpha value is -3.39. The molecule has 0 unspecified atom stereocenters. The number of carbonyl (C=O) groups excluding carboxylic acids is 2. The van der Waals surface area contributed by atoms with E-state index in [4.69, 9.17) is 0 Å². The molecule has 2 fully saturated rings. The molecule has 0 radical (unpaired) electrons. The van der Waals surface area contributed by atoms with Crippen molar-refractivity contribution in [3.05, 3.63) is 70.9 Å². The summed E-state index contributed by atoms with van der Waals surface area (Å²) < 4.78 is 0.